The van der Waals surface area contributed by atoms with Gasteiger partial charge in [0.15, 0.2) is 0 Å². The van der Waals surface area contributed by atoms with Crippen LogP contribution in [0.5, 0.6) is 17.5 Å². The van der Waals surface area contributed by atoms with Crippen LogP contribution in [-0.4, -0.2) is 29.5 Å². The zero-order valence-corrected chi connectivity index (χ0v) is 16.7. The highest BCUT2D eigenvalue weighted by molar-refractivity contribution is 5.94. The third-order valence-corrected chi connectivity index (χ3v) is 4.44. The summed E-state index contributed by atoms with van der Waals surface area (Å²) >= 11 is 0. The summed E-state index contributed by atoms with van der Waals surface area (Å²) in [6.07, 6.45) is 6.66. The number of carbonyl (C=O) groups is 1. The van der Waals surface area contributed by atoms with E-state index in [1.165, 1.54) is 0 Å². The van der Waals surface area contributed by atoms with Crippen molar-refractivity contribution in [3.05, 3.63) is 66.5 Å². The molecule has 29 heavy (non-hydrogen) atoms. The average molecular weight is 391 g/mol. The second-order valence-electron chi connectivity index (χ2n) is 6.57. The van der Waals surface area contributed by atoms with Crippen LogP contribution >= 0.6 is 0 Å². The number of benzene rings is 2. The lowest BCUT2D eigenvalue weighted by Crippen LogP contribution is -2.24. The normalized spacial score (nSPS) is 10.4. The summed E-state index contributed by atoms with van der Waals surface area (Å²) in [5.74, 6) is 1.34. The zero-order chi connectivity index (χ0) is 20.5. The summed E-state index contributed by atoms with van der Waals surface area (Å²) in [4.78, 5) is 20.7. The molecule has 0 aliphatic rings. The van der Waals surface area contributed by atoms with E-state index in [1.54, 1.807) is 31.6 Å². The molecule has 6 heteroatoms. The van der Waals surface area contributed by atoms with Gasteiger partial charge in [-0.2, -0.15) is 0 Å². The van der Waals surface area contributed by atoms with Crippen molar-refractivity contribution in [3.8, 4) is 28.6 Å². The summed E-state index contributed by atoms with van der Waals surface area (Å²) in [6.45, 7) is 2.85. The molecule has 0 fully saturated rings. The predicted molar refractivity (Wildman–Crippen MR) is 112 cm³/mol. The maximum atomic E-state index is 12.2. The SMILES string of the molecule is CCCCCNC(=O)c1ccc(-c2cnc(Oc3ccc(OC)cc3)nc2)cc1. The first-order valence-corrected chi connectivity index (χ1v) is 9.72. The minimum absolute atomic E-state index is 0.0489. The van der Waals surface area contributed by atoms with Gasteiger partial charge in [0.2, 0.25) is 0 Å². The Kier molecular flexibility index (Phi) is 7.16. The molecule has 0 saturated carbocycles. The van der Waals surface area contributed by atoms with Crippen molar-refractivity contribution >= 4 is 5.91 Å². The number of amides is 1. The van der Waals surface area contributed by atoms with Crippen molar-refractivity contribution in [2.45, 2.75) is 26.2 Å². The molecule has 6 nitrogen and oxygen atoms in total. The quantitative estimate of drug-likeness (QED) is 0.527. The molecule has 1 N–H and O–H groups in total. The van der Waals surface area contributed by atoms with Crippen LogP contribution in [0.25, 0.3) is 11.1 Å². The zero-order valence-electron chi connectivity index (χ0n) is 16.7. The van der Waals surface area contributed by atoms with Gasteiger partial charge in [-0.3, -0.25) is 4.79 Å². The third kappa shape index (κ3) is 5.78. The van der Waals surface area contributed by atoms with Crippen molar-refractivity contribution < 1.29 is 14.3 Å². The molecule has 1 amide bonds. The number of unbranched alkanes of at least 4 members (excludes halogenated alkanes) is 2. The highest BCUT2D eigenvalue weighted by Crippen LogP contribution is 2.23. The second-order valence-corrected chi connectivity index (χ2v) is 6.57. The van der Waals surface area contributed by atoms with Gasteiger partial charge in [0.1, 0.15) is 11.5 Å². The number of rotatable bonds is 9. The van der Waals surface area contributed by atoms with Crippen LogP contribution in [0.15, 0.2) is 60.9 Å². The summed E-state index contributed by atoms with van der Waals surface area (Å²) in [7, 11) is 1.62. The molecule has 1 heterocycles. The monoisotopic (exact) mass is 391 g/mol. The summed E-state index contributed by atoms with van der Waals surface area (Å²) < 4.78 is 10.8. The lowest BCUT2D eigenvalue weighted by atomic mass is 10.1. The Morgan fingerprint density at radius 2 is 1.55 bits per heavy atom. The maximum Gasteiger partial charge on any atom is 0.321 e. The van der Waals surface area contributed by atoms with Gasteiger partial charge in [0, 0.05) is 30.1 Å². The summed E-state index contributed by atoms with van der Waals surface area (Å²) in [6, 6.07) is 14.9. The minimum Gasteiger partial charge on any atom is -0.497 e. The Hall–Kier alpha value is -3.41. The van der Waals surface area contributed by atoms with Crippen LogP contribution < -0.4 is 14.8 Å². The lowest BCUT2D eigenvalue weighted by Gasteiger charge is -2.07. The van der Waals surface area contributed by atoms with Gasteiger partial charge < -0.3 is 14.8 Å². The number of nitrogens with zero attached hydrogens (tertiary/aromatic N) is 2. The van der Waals surface area contributed by atoms with Crippen LogP contribution in [0.4, 0.5) is 0 Å². The van der Waals surface area contributed by atoms with Crippen molar-refractivity contribution in [2.24, 2.45) is 0 Å². The number of nitrogens with one attached hydrogen (secondary N) is 1. The molecule has 2 aromatic carbocycles. The van der Waals surface area contributed by atoms with Crippen molar-refractivity contribution in [1.29, 1.82) is 0 Å². The highest BCUT2D eigenvalue weighted by atomic mass is 16.5. The molecule has 1 aromatic heterocycles. The van der Waals surface area contributed by atoms with E-state index in [2.05, 4.69) is 22.2 Å². The first-order chi connectivity index (χ1) is 14.2. The smallest absolute Gasteiger partial charge is 0.321 e. The molecule has 3 aromatic rings. The van der Waals surface area contributed by atoms with E-state index >= 15 is 0 Å². The fourth-order valence-corrected chi connectivity index (χ4v) is 2.76. The van der Waals surface area contributed by atoms with E-state index in [0.29, 0.717) is 17.9 Å². The predicted octanol–water partition coefficient (Wildman–Crippen LogP) is 4.86. The molecule has 0 bridgehead atoms. The number of hydrogen-bond acceptors (Lipinski definition) is 5. The lowest BCUT2D eigenvalue weighted by molar-refractivity contribution is 0.0953. The van der Waals surface area contributed by atoms with Gasteiger partial charge in [-0.05, 0) is 48.4 Å². The standard InChI is InChI=1S/C23H25N3O3/c1-3-4-5-14-24-22(27)18-8-6-17(7-9-18)19-15-25-23(26-16-19)29-21-12-10-20(28-2)11-13-21/h6-13,15-16H,3-5,14H2,1-2H3,(H,24,27). The van der Waals surface area contributed by atoms with Crippen molar-refractivity contribution in [2.75, 3.05) is 13.7 Å². The minimum atomic E-state index is -0.0489. The Balaban J connectivity index is 1.59. The largest absolute Gasteiger partial charge is 0.497 e. The van der Waals surface area contributed by atoms with Crippen molar-refractivity contribution in [1.82, 2.24) is 15.3 Å². The van der Waals surface area contributed by atoms with E-state index < -0.39 is 0 Å². The molecule has 0 unspecified atom stereocenters. The second kappa shape index (κ2) is 10.2. The number of hydrogen-bond donors (Lipinski definition) is 1. The Labute approximate surface area is 170 Å². The van der Waals surface area contributed by atoms with E-state index in [9.17, 15) is 4.79 Å². The molecule has 0 atom stereocenters. The maximum absolute atomic E-state index is 12.2. The molecule has 0 saturated heterocycles. The van der Waals surface area contributed by atoms with Crippen LogP contribution in [0.2, 0.25) is 0 Å². The fraction of sp³-hybridized carbons (Fsp3) is 0.261. The van der Waals surface area contributed by atoms with Gasteiger partial charge in [0.05, 0.1) is 7.11 Å². The Morgan fingerprint density at radius 1 is 0.897 bits per heavy atom. The fourth-order valence-electron chi connectivity index (χ4n) is 2.76. The number of methoxy groups -OCH3 is 1. The first kappa shape index (κ1) is 20.3. The number of carbonyl (C=O) groups excluding carboxylic acids is 1. The summed E-state index contributed by atoms with van der Waals surface area (Å²) in [5, 5.41) is 2.94. The van der Waals surface area contributed by atoms with Gasteiger partial charge in [-0.1, -0.05) is 31.9 Å². The number of aromatic nitrogens is 2. The molecule has 0 aliphatic carbocycles. The van der Waals surface area contributed by atoms with Gasteiger partial charge in [-0.25, -0.2) is 9.97 Å². The highest BCUT2D eigenvalue weighted by Gasteiger charge is 2.07. The molecule has 0 spiro atoms. The van der Waals surface area contributed by atoms with Gasteiger partial charge in [0.25, 0.3) is 5.91 Å². The Morgan fingerprint density at radius 3 is 2.17 bits per heavy atom. The van der Waals surface area contributed by atoms with Crippen LogP contribution in [0, 0.1) is 0 Å². The van der Waals surface area contributed by atoms with Gasteiger partial charge >= 0.3 is 6.01 Å². The average Bonchev–Trinajstić information content (AvgIpc) is 2.78. The first-order valence-electron chi connectivity index (χ1n) is 9.72. The molecule has 3 rings (SSSR count). The molecule has 150 valence electrons. The van der Waals surface area contributed by atoms with E-state index in [0.717, 1.165) is 36.1 Å². The van der Waals surface area contributed by atoms with Gasteiger partial charge in [-0.15, -0.1) is 0 Å². The molecule has 0 aliphatic heterocycles. The van der Waals surface area contributed by atoms with E-state index in [4.69, 9.17) is 9.47 Å². The summed E-state index contributed by atoms with van der Waals surface area (Å²) in [5.41, 5.74) is 2.43. The van der Waals surface area contributed by atoms with E-state index in [-0.39, 0.29) is 11.9 Å². The number of ether oxygens (including phenoxy) is 2. The Bertz CT molecular complexity index is 908. The van der Waals surface area contributed by atoms with Crippen LogP contribution in [-0.2, 0) is 0 Å². The topological polar surface area (TPSA) is 73.3 Å². The van der Waals surface area contributed by atoms with E-state index in [1.807, 2.05) is 36.4 Å². The van der Waals surface area contributed by atoms with Crippen molar-refractivity contribution in [3.63, 3.8) is 0 Å². The van der Waals surface area contributed by atoms with Crippen LogP contribution in [0.1, 0.15) is 36.5 Å². The molecular weight excluding hydrogens is 366 g/mol. The molecule has 0 radical (unpaired) electrons. The third-order valence-electron chi connectivity index (χ3n) is 4.44. The van der Waals surface area contributed by atoms with Crippen LogP contribution in [0.3, 0.4) is 0 Å². The molecular formula is C23H25N3O3.